The Morgan fingerprint density at radius 1 is 1.28 bits per heavy atom. The predicted molar refractivity (Wildman–Crippen MR) is 98.3 cm³/mol. The molecule has 2 aromatic rings. The van der Waals surface area contributed by atoms with Crippen LogP contribution in [-0.4, -0.2) is 29.9 Å². The van der Waals surface area contributed by atoms with Crippen LogP contribution in [0.25, 0.3) is 0 Å². The third-order valence-electron chi connectivity index (χ3n) is 3.36. The van der Waals surface area contributed by atoms with Gasteiger partial charge in [0, 0.05) is 12.1 Å². The fourth-order valence-electron chi connectivity index (χ4n) is 1.95. The summed E-state index contributed by atoms with van der Waals surface area (Å²) in [4.78, 5) is 16.8. The molecule has 2 N–H and O–H groups in total. The molecule has 1 atom stereocenters. The Hall–Kier alpha value is -2.50. The normalized spacial score (nSPS) is 12.8. The second kappa shape index (κ2) is 8.05. The summed E-state index contributed by atoms with van der Waals surface area (Å²) >= 11 is 6.58. The van der Waals surface area contributed by atoms with Crippen LogP contribution < -0.4 is 4.84 Å². The van der Waals surface area contributed by atoms with Crippen molar-refractivity contribution in [2.24, 2.45) is 0 Å². The highest BCUT2D eigenvalue weighted by Gasteiger charge is 2.28. The first-order chi connectivity index (χ1) is 11.8. The lowest BCUT2D eigenvalue weighted by atomic mass is 10.1. The van der Waals surface area contributed by atoms with E-state index in [1.165, 1.54) is 23.9 Å². The van der Waals surface area contributed by atoms with E-state index in [9.17, 15) is 20.3 Å². The van der Waals surface area contributed by atoms with Crippen LogP contribution in [0.4, 0.5) is 0 Å². The van der Waals surface area contributed by atoms with E-state index in [1.54, 1.807) is 6.92 Å². The fraction of sp³-hybridized carbons (Fsp3) is 0.235. The molecule has 25 heavy (non-hydrogen) atoms. The summed E-state index contributed by atoms with van der Waals surface area (Å²) in [6.45, 7) is 1.70. The van der Waals surface area contributed by atoms with Crippen molar-refractivity contribution in [2.75, 3.05) is 0 Å². The monoisotopic (exact) mass is 376 g/mol. The number of rotatable bonds is 6. The molecular formula is C17H16N2O4S2. The van der Waals surface area contributed by atoms with Gasteiger partial charge < -0.3 is 15.1 Å². The van der Waals surface area contributed by atoms with Gasteiger partial charge in [-0.25, -0.2) is 4.79 Å². The maximum atomic E-state index is 11.9. The van der Waals surface area contributed by atoms with Crippen molar-refractivity contribution in [2.45, 2.75) is 24.5 Å². The van der Waals surface area contributed by atoms with Crippen LogP contribution in [0.1, 0.15) is 25.3 Å². The van der Waals surface area contributed by atoms with Gasteiger partial charge in [-0.3, -0.25) is 0 Å². The van der Waals surface area contributed by atoms with Crippen LogP contribution in [0.2, 0.25) is 0 Å². The molecule has 0 bridgehead atoms. The van der Waals surface area contributed by atoms with Crippen molar-refractivity contribution in [1.29, 1.82) is 5.26 Å². The molecule has 1 heterocycles. The van der Waals surface area contributed by atoms with Crippen molar-refractivity contribution in [1.82, 2.24) is 4.73 Å². The summed E-state index contributed by atoms with van der Waals surface area (Å²) in [5, 5.41) is 28.4. The number of hydrogen-bond donors (Lipinski definition) is 2. The van der Waals surface area contributed by atoms with Crippen molar-refractivity contribution in [3.63, 3.8) is 0 Å². The molecule has 6 nitrogen and oxygen atoms in total. The van der Waals surface area contributed by atoms with Gasteiger partial charge in [0.1, 0.15) is 4.75 Å². The number of thioether (sulfide) groups is 1. The quantitative estimate of drug-likeness (QED) is 0.748. The van der Waals surface area contributed by atoms with Gasteiger partial charge in [0.15, 0.2) is 0 Å². The summed E-state index contributed by atoms with van der Waals surface area (Å²) in [6.07, 6.45) is 0.119. The van der Waals surface area contributed by atoms with Crippen LogP contribution >= 0.6 is 24.0 Å². The predicted octanol–water partition coefficient (Wildman–Crippen LogP) is 3.03. The van der Waals surface area contributed by atoms with E-state index in [0.29, 0.717) is 8.93 Å². The van der Waals surface area contributed by atoms with Gasteiger partial charge in [0.2, 0.25) is 11.8 Å². The highest BCUT2D eigenvalue weighted by molar-refractivity contribution is 8.24. The Morgan fingerprint density at radius 3 is 2.44 bits per heavy atom. The first kappa shape index (κ1) is 18.8. The SMILES string of the molecule is CC(C#N)(CCC(=O)On1c(O)ccc1O)SC(=S)c1ccccc1. The molecule has 1 aromatic carbocycles. The zero-order chi connectivity index (χ0) is 18.4. The van der Waals surface area contributed by atoms with Crippen molar-refractivity contribution >= 4 is 34.1 Å². The topological polar surface area (TPSA) is 95.5 Å². The zero-order valence-electron chi connectivity index (χ0n) is 13.4. The van der Waals surface area contributed by atoms with Gasteiger partial charge in [-0.1, -0.05) is 54.3 Å². The maximum absolute atomic E-state index is 11.9. The minimum Gasteiger partial charge on any atom is -0.492 e. The number of carbonyl (C=O) groups excluding carboxylic acids is 1. The minimum atomic E-state index is -0.910. The van der Waals surface area contributed by atoms with E-state index in [2.05, 4.69) is 6.07 Å². The van der Waals surface area contributed by atoms with E-state index in [4.69, 9.17) is 17.1 Å². The highest BCUT2D eigenvalue weighted by Crippen LogP contribution is 2.33. The largest absolute Gasteiger partial charge is 0.492 e. The number of aromatic nitrogens is 1. The Balaban J connectivity index is 1.95. The van der Waals surface area contributed by atoms with Gasteiger partial charge in [-0.15, -0.1) is 4.73 Å². The molecule has 0 radical (unpaired) electrons. The Bertz CT molecular complexity index is 794. The van der Waals surface area contributed by atoms with Crippen LogP contribution in [0, 0.1) is 11.3 Å². The molecule has 0 aliphatic rings. The smallest absolute Gasteiger partial charge is 0.333 e. The molecule has 1 unspecified atom stereocenters. The van der Waals surface area contributed by atoms with E-state index in [-0.39, 0.29) is 12.8 Å². The molecule has 0 saturated heterocycles. The second-order valence-electron chi connectivity index (χ2n) is 5.41. The third kappa shape index (κ3) is 4.98. The van der Waals surface area contributed by atoms with Crippen molar-refractivity contribution < 1.29 is 19.8 Å². The van der Waals surface area contributed by atoms with E-state index < -0.39 is 22.5 Å². The number of hydrogen-bond acceptors (Lipinski definition) is 7. The molecule has 130 valence electrons. The number of aromatic hydroxyl groups is 2. The molecule has 0 aliphatic carbocycles. The van der Waals surface area contributed by atoms with Crippen LogP contribution in [0.3, 0.4) is 0 Å². The first-order valence-electron chi connectivity index (χ1n) is 7.35. The number of thiocarbonyl (C=S) groups is 1. The third-order valence-corrected chi connectivity index (χ3v) is 5.01. The number of carbonyl (C=O) groups is 1. The molecule has 2 rings (SSSR count). The van der Waals surface area contributed by atoms with Gasteiger partial charge in [-0.2, -0.15) is 5.26 Å². The van der Waals surface area contributed by atoms with Crippen LogP contribution in [0.5, 0.6) is 11.8 Å². The Labute approximate surface area is 154 Å². The van der Waals surface area contributed by atoms with Crippen molar-refractivity contribution in [3.05, 3.63) is 48.0 Å². The highest BCUT2D eigenvalue weighted by atomic mass is 32.2. The lowest BCUT2D eigenvalue weighted by molar-refractivity contribution is -0.145. The van der Waals surface area contributed by atoms with Crippen LogP contribution in [-0.2, 0) is 4.79 Å². The van der Waals surface area contributed by atoms with Crippen molar-refractivity contribution in [3.8, 4) is 17.8 Å². The molecule has 0 amide bonds. The number of nitrogens with zero attached hydrogens (tertiary/aromatic N) is 2. The van der Waals surface area contributed by atoms with Gasteiger partial charge in [-0.05, 0) is 18.9 Å². The molecule has 0 aliphatic heterocycles. The Morgan fingerprint density at radius 2 is 1.88 bits per heavy atom. The average Bonchev–Trinajstić information content (AvgIpc) is 2.92. The average molecular weight is 376 g/mol. The molecule has 0 saturated carbocycles. The van der Waals surface area contributed by atoms with Gasteiger partial charge >= 0.3 is 5.97 Å². The minimum absolute atomic E-state index is 0.0779. The Kier molecular flexibility index (Phi) is 6.07. The number of benzene rings is 1. The summed E-state index contributed by atoms with van der Waals surface area (Å²) < 4.78 is 0.277. The molecule has 0 fully saturated rings. The van der Waals surface area contributed by atoms with E-state index in [1.807, 2.05) is 30.3 Å². The summed E-state index contributed by atoms with van der Waals surface area (Å²) in [6, 6.07) is 13.9. The zero-order valence-corrected chi connectivity index (χ0v) is 15.0. The lowest BCUT2D eigenvalue weighted by Gasteiger charge is -2.20. The first-order valence-corrected chi connectivity index (χ1v) is 8.57. The van der Waals surface area contributed by atoms with Gasteiger partial charge in [0.05, 0.1) is 16.7 Å². The fourth-order valence-corrected chi connectivity index (χ4v) is 3.55. The van der Waals surface area contributed by atoms with E-state index >= 15 is 0 Å². The number of nitriles is 1. The van der Waals surface area contributed by atoms with Gasteiger partial charge in [0.25, 0.3) is 0 Å². The molecule has 1 aromatic heterocycles. The molecule has 0 spiro atoms. The molecular weight excluding hydrogens is 360 g/mol. The molecule has 8 heteroatoms. The lowest BCUT2D eigenvalue weighted by Crippen LogP contribution is -2.25. The standard InChI is InChI=1S/C17H16N2O4S2/c1-17(11-18,25-16(24)12-5-3-2-4-6-12)10-9-15(22)23-19-13(20)7-8-14(19)21/h2-8,20-21H,9-10H2,1H3. The van der Waals surface area contributed by atoms with Crippen LogP contribution in [0.15, 0.2) is 42.5 Å². The second-order valence-corrected chi connectivity index (χ2v) is 7.59. The van der Waals surface area contributed by atoms with E-state index in [0.717, 1.165) is 5.56 Å². The maximum Gasteiger partial charge on any atom is 0.333 e. The summed E-state index contributed by atoms with van der Waals surface area (Å²) in [5.41, 5.74) is 0.841. The summed E-state index contributed by atoms with van der Waals surface area (Å²) in [7, 11) is 0. The summed E-state index contributed by atoms with van der Waals surface area (Å²) in [5.74, 6) is -1.48.